The maximum absolute atomic E-state index is 11.6. The Morgan fingerprint density at radius 2 is 2.38 bits per heavy atom. The van der Waals surface area contributed by atoms with Crippen LogP contribution in [0.5, 0.6) is 0 Å². The summed E-state index contributed by atoms with van der Waals surface area (Å²) in [6.45, 7) is 3.26. The number of hydrogen-bond acceptors (Lipinski definition) is 3. The minimum absolute atomic E-state index is 0.0968. The molecule has 1 aliphatic carbocycles. The molecule has 0 aromatic carbocycles. The highest BCUT2D eigenvalue weighted by atomic mass is 16.5. The Hall–Kier alpha value is -0.610. The molecule has 13 heavy (non-hydrogen) atoms. The Bertz CT molecular complexity index is 196. The fraction of sp³-hybridized carbons (Fsp3) is 0.889. The van der Waals surface area contributed by atoms with E-state index in [-0.39, 0.29) is 11.4 Å². The summed E-state index contributed by atoms with van der Waals surface area (Å²) in [5, 5.41) is 5.91. The van der Waals surface area contributed by atoms with Gasteiger partial charge in [-0.15, -0.1) is 0 Å². The van der Waals surface area contributed by atoms with Crippen LogP contribution in [0.2, 0.25) is 0 Å². The topological polar surface area (TPSA) is 50.4 Å². The summed E-state index contributed by atoms with van der Waals surface area (Å²) >= 11 is 0. The first-order valence-electron chi connectivity index (χ1n) is 4.67. The quantitative estimate of drug-likeness (QED) is 0.622. The van der Waals surface area contributed by atoms with E-state index >= 15 is 0 Å². The predicted octanol–water partition coefficient (Wildman–Crippen LogP) is -0.253. The van der Waals surface area contributed by atoms with Gasteiger partial charge in [0.25, 0.3) is 0 Å². The van der Waals surface area contributed by atoms with Gasteiger partial charge in [0.05, 0.1) is 6.61 Å². The highest BCUT2D eigenvalue weighted by Crippen LogP contribution is 2.43. The molecule has 1 rings (SSSR count). The third-order valence-corrected chi connectivity index (χ3v) is 2.66. The summed E-state index contributed by atoms with van der Waals surface area (Å²) in [5.41, 5.74) is -0.355. The van der Waals surface area contributed by atoms with Gasteiger partial charge in [-0.05, 0) is 20.4 Å². The lowest BCUT2D eigenvalue weighted by Crippen LogP contribution is -2.47. The minimum Gasteiger partial charge on any atom is -0.384 e. The number of ether oxygens (including phenoxy) is 1. The molecule has 2 N–H and O–H groups in total. The smallest absolute Gasteiger partial charge is 0.240 e. The second-order valence-electron chi connectivity index (χ2n) is 3.44. The zero-order valence-electron chi connectivity index (χ0n) is 8.52. The zero-order valence-corrected chi connectivity index (χ0v) is 8.52. The number of methoxy groups -OCH3 is 1. The average molecular weight is 186 g/mol. The largest absolute Gasteiger partial charge is 0.384 e. The number of carbonyl (C=O) groups is 1. The van der Waals surface area contributed by atoms with E-state index in [1.807, 2.05) is 14.0 Å². The lowest BCUT2D eigenvalue weighted by molar-refractivity contribution is -0.124. The molecule has 0 aliphatic heterocycles. The maximum atomic E-state index is 11.6. The highest BCUT2D eigenvalue weighted by molar-refractivity contribution is 5.90. The molecule has 0 aromatic rings. The monoisotopic (exact) mass is 186 g/mol. The number of likely N-dealkylation sites (N-methyl/N-ethyl adjacent to an activating group) is 2. The number of amides is 1. The standard InChI is InChI=1S/C9H18N2O2/c1-4-11-8(12)9(10-2)5-7(9)6-13-3/h7,10H,4-6H2,1-3H3,(H,11,12)/t7-,9+/m1/s1. The number of rotatable bonds is 5. The fourth-order valence-corrected chi connectivity index (χ4v) is 1.75. The molecule has 0 bridgehead atoms. The lowest BCUT2D eigenvalue weighted by Gasteiger charge is -2.15. The van der Waals surface area contributed by atoms with Gasteiger partial charge in [-0.1, -0.05) is 0 Å². The maximum Gasteiger partial charge on any atom is 0.240 e. The molecule has 2 atom stereocenters. The van der Waals surface area contributed by atoms with E-state index in [1.54, 1.807) is 7.11 Å². The van der Waals surface area contributed by atoms with Gasteiger partial charge in [0.15, 0.2) is 0 Å². The third-order valence-electron chi connectivity index (χ3n) is 2.66. The molecule has 0 radical (unpaired) electrons. The first kappa shape index (κ1) is 10.5. The molecule has 1 saturated carbocycles. The van der Waals surface area contributed by atoms with Crippen molar-refractivity contribution in [1.82, 2.24) is 10.6 Å². The Morgan fingerprint density at radius 3 is 2.85 bits per heavy atom. The summed E-state index contributed by atoms with van der Waals surface area (Å²) in [7, 11) is 3.49. The van der Waals surface area contributed by atoms with E-state index in [4.69, 9.17) is 4.74 Å². The van der Waals surface area contributed by atoms with Gasteiger partial charge in [0, 0.05) is 19.6 Å². The van der Waals surface area contributed by atoms with Crippen LogP contribution in [-0.4, -0.2) is 38.8 Å². The molecule has 0 heterocycles. The van der Waals surface area contributed by atoms with Gasteiger partial charge < -0.3 is 15.4 Å². The minimum atomic E-state index is -0.355. The van der Waals surface area contributed by atoms with Crippen LogP contribution in [0.3, 0.4) is 0 Å². The van der Waals surface area contributed by atoms with E-state index in [0.717, 1.165) is 6.42 Å². The number of nitrogens with one attached hydrogen (secondary N) is 2. The first-order chi connectivity index (χ1) is 6.21. The van der Waals surface area contributed by atoms with Gasteiger partial charge in [0.1, 0.15) is 5.54 Å². The molecular weight excluding hydrogens is 168 g/mol. The van der Waals surface area contributed by atoms with Crippen LogP contribution in [0.4, 0.5) is 0 Å². The van der Waals surface area contributed by atoms with Gasteiger partial charge in [-0.2, -0.15) is 0 Å². The molecule has 4 nitrogen and oxygen atoms in total. The molecule has 4 heteroatoms. The first-order valence-corrected chi connectivity index (χ1v) is 4.67. The summed E-state index contributed by atoms with van der Waals surface area (Å²) in [6, 6.07) is 0. The zero-order chi connectivity index (χ0) is 9.90. The van der Waals surface area contributed by atoms with Crippen molar-refractivity contribution in [1.29, 1.82) is 0 Å². The van der Waals surface area contributed by atoms with Crippen LogP contribution in [-0.2, 0) is 9.53 Å². The van der Waals surface area contributed by atoms with Crippen LogP contribution < -0.4 is 10.6 Å². The molecule has 0 saturated heterocycles. The Labute approximate surface area is 79.0 Å². The van der Waals surface area contributed by atoms with Crippen molar-refractivity contribution in [3.63, 3.8) is 0 Å². The van der Waals surface area contributed by atoms with Gasteiger partial charge >= 0.3 is 0 Å². The molecule has 0 spiro atoms. The second-order valence-corrected chi connectivity index (χ2v) is 3.44. The normalized spacial score (nSPS) is 31.5. The molecule has 0 unspecified atom stereocenters. The van der Waals surface area contributed by atoms with E-state index < -0.39 is 0 Å². The molecule has 1 fully saturated rings. The van der Waals surface area contributed by atoms with Crippen LogP contribution in [0.25, 0.3) is 0 Å². The van der Waals surface area contributed by atoms with Crippen LogP contribution in [0.15, 0.2) is 0 Å². The predicted molar refractivity (Wildman–Crippen MR) is 50.5 cm³/mol. The van der Waals surface area contributed by atoms with E-state index in [2.05, 4.69) is 10.6 Å². The van der Waals surface area contributed by atoms with Gasteiger partial charge in [0.2, 0.25) is 5.91 Å². The van der Waals surface area contributed by atoms with Crippen molar-refractivity contribution in [2.24, 2.45) is 5.92 Å². The van der Waals surface area contributed by atoms with Crippen LogP contribution in [0.1, 0.15) is 13.3 Å². The van der Waals surface area contributed by atoms with Crippen LogP contribution in [0, 0.1) is 5.92 Å². The summed E-state index contributed by atoms with van der Waals surface area (Å²) < 4.78 is 5.03. The second kappa shape index (κ2) is 4.07. The van der Waals surface area contributed by atoms with E-state index in [1.165, 1.54) is 0 Å². The van der Waals surface area contributed by atoms with Gasteiger partial charge in [-0.3, -0.25) is 4.79 Å². The molecule has 76 valence electrons. The Morgan fingerprint density at radius 1 is 1.69 bits per heavy atom. The molecular formula is C9H18N2O2. The van der Waals surface area contributed by atoms with Crippen LogP contribution >= 0.6 is 0 Å². The summed E-state index contributed by atoms with van der Waals surface area (Å²) in [5.74, 6) is 0.425. The van der Waals surface area contributed by atoms with E-state index in [9.17, 15) is 4.79 Å². The number of carbonyl (C=O) groups excluding carboxylic acids is 1. The van der Waals surface area contributed by atoms with Crippen molar-refractivity contribution in [2.45, 2.75) is 18.9 Å². The highest BCUT2D eigenvalue weighted by Gasteiger charge is 2.58. The molecule has 1 amide bonds. The van der Waals surface area contributed by atoms with Crippen molar-refractivity contribution < 1.29 is 9.53 Å². The summed E-state index contributed by atoms with van der Waals surface area (Å²) in [6.07, 6.45) is 0.878. The third kappa shape index (κ3) is 1.84. The van der Waals surface area contributed by atoms with Crippen molar-refractivity contribution in [3.8, 4) is 0 Å². The number of hydrogen-bond donors (Lipinski definition) is 2. The SMILES string of the molecule is CCNC(=O)[C@]1(NC)C[C@@H]1COC. The lowest BCUT2D eigenvalue weighted by atomic mass is 10.2. The van der Waals surface area contributed by atoms with Crippen molar-refractivity contribution in [2.75, 3.05) is 27.3 Å². The van der Waals surface area contributed by atoms with Crippen molar-refractivity contribution in [3.05, 3.63) is 0 Å². The average Bonchev–Trinajstić information content (AvgIpc) is 2.81. The van der Waals surface area contributed by atoms with Crippen molar-refractivity contribution >= 4 is 5.91 Å². The molecule has 1 aliphatic rings. The molecule has 0 aromatic heterocycles. The summed E-state index contributed by atoms with van der Waals surface area (Å²) in [4.78, 5) is 11.6. The van der Waals surface area contributed by atoms with Gasteiger partial charge in [-0.25, -0.2) is 0 Å². The fourth-order valence-electron chi connectivity index (χ4n) is 1.75. The Balaban J connectivity index is 2.49. The Kier molecular flexibility index (Phi) is 3.27. The van der Waals surface area contributed by atoms with E-state index in [0.29, 0.717) is 19.1 Å².